The van der Waals surface area contributed by atoms with Crippen LogP contribution in [0.25, 0.3) is 0 Å². The summed E-state index contributed by atoms with van der Waals surface area (Å²) in [7, 11) is 3.07. The van der Waals surface area contributed by atoms with Gasteiger partial charge in [-0.2, -0.15) is 5.10 Å². The zero-order valence-corrected chi connectivity index (χ0v) is 11.0. The van der Waals surface area contributed by atoms with Crippen molar-refractivity contribution in [3.05, 3.63) is 35.5 Å². The molecule has 0 radical (unpaired) electrons. The van der Waals surface area contributed by atoms with Crippen molar-refractivity contribution in [2.24, 2.45) is 0 Å². The van der Waals surface area contributed by atoms with Gasteiger partial charge in [-0.15, -0.1) is 0 Å². The first-order valence-corrected chi connectivity index (χ1v) is 5.69. The molecule has 6 heteroatoms. The molecular weight excluding hydrogens is 246 g/mol. The van der Waals surface area contributed by atoms with Crippen molar-refractivity contribution in [1.82, 2.24) is 10.2 Å². The van der Waals surface area contributed by atoms with E-state index in [4.69, 9.17) is 9.47 Å². The minimum Gasteiger partial charge on any atom is -0.493 e. The van der Waals surface area contributed by atoms with Gasteiger partial charge in [0, 0.05) is 17.3 Å². The average molecular weight is 261 g/mol. The number of nitrogens with one attached hydrogen (secondary N) is 2. The van der Waals surface area contributed by atoms with E-state index in [-0.39, 0.29) is 5.91 Å². The summed E-state index contributed by atoms with van der Waals surface area (Å²) in [5.41, 5.74) is 1.35. The third kappa shape index (κ3) is 2.85. The largest absolute Gasteiger partial charge is 0.493 e. The van der Waals surface area contributed by atoms with Crippen LogP contribution < -0.4 is 14.8 Å². The normalized spacial score (nSPS) is 10.1. The van der Waals surface area contributed by atoms with Gasteiger partial charge in [-0.3, -0.25) is 9.89 Å². The molecule has 1 aromatic carbocycles. The zero-order chi connectivity index (χ0) is 13.8. The average Bonchev–Trinajstić information content (AvgIpc) is 2.83. The Bertz CT molecular complexity index is 593. The Balaban J connectivity index is 2.19. The molecule has 2 rings (SSSR count). The van der Waals surface area contributed by atoms with Crippen LogP contribution in [0.3, 0.4) is 0 Å². The molecule has 0 fully saturated rings. The predicted molar refractivity (Wildman–Crippen MR) is 70.8 cm³/mol. The molecule has 6 nitrogen and oxygen atoms in total. The van der Waals surface area contributed by atoms with Crippen LogP contribution in [0.1, 0.15) is 16.1 Å². The van der Waals surface area contributed by atoms with E-state index in [0.29, 0.717) is 22.9 Å². The first-order valence-electron chi connectivity index (χ1n) is 5.69. The van der Waals surface area contributed by atoms with Crippen molar-refractivity contribution >= 4 is 11.7 Å². The minimum absolute atomic E-state index is 0.257. The standard InChI is InChI=1S/C13H15N3O3/c1-8-6-12(16-15-8)14-13(17)9-4-5-10(18-2)11(7-9)19-3/h4-7H,1-3H3,(H2,14,15,16,17). The number of methoxy groups -OCH3 is 2. The highest BCUT2D eigenvalue weighted by molar-refractivity contribution is 6.04. The molecule has 1 heterocycles. The molecule has 0 unspecified atom stereocenters. The van der Waals surface area contributed by atoms with Crippen LogP contribution in [-0.4, -0.2) is 30.3 Å². The quantitative estimate of drug-likeness (QED) is 0.882. The van der Waals surface area contributed by atoms with Gasteiger partial charge in [-0.25, -0.2) is 0 Å². The van der Waals surface area contributed by atoms with Crippen molar-refractivity contribution < 1.29 is 14.3 Å². The number of carbonyl (C=O) groups excluding carboxylic acids is 1. The topological polar surface area (TPSA) is 76.2 Å². The summed E-state index contributed by atoms with van der Waals surface area (Å²) < 4.78 is 10.3. The van der Waals surface area contributed by atoms with Crippen molar-refractivity contribution in [3.8, 4) is 11.5 Å². The monoisotopic (exact) mass is 261 g/mol. The van der Waals surface area contributed by atoms with Gasteiger partial charge in [-0.05, 0) is 25.1 Å². The maximum Gasteiger partial charge on any atom is 0.257 e. The number of hydrogen-bond acceptors (Lipinski definition) is 4. The first kappa shape index (κ1) is 12.9. The number of H-pyrrole nitrogens is 1. The number of aromatic nitrogens is 2. The van der Waals surface area contributed by atoms with E-state index in [0.717, 1.165) is 5.69 Å². The molecule has 100 valence electrons. The summed E-state index contributed by atoms with van der Waals surface area (Å²) in [6, 6.07) is 6.71. The zero-order valence-electron chi connectivity index (χ0n) is 11.0. The van der Waals surface area contributed by atoms with E-state index in [9.17, 15) is 4.79 Å². The molecule has 2 N–H and O–H groups in total. The van der Waals surface area contributed by atoms with Gasteiger partial charge in [0.2, 0.25) is 0 Å². The van der Waals surface area contributed by atoms with Gasteiger partial charge in [0.1, 0.15) is 0 Å². The number of anilines is 1. The number of carbonyl (C=O) groups is 1. The molecule has 0 aliphatic rings. The van der Waals surface area contributed by atoms with Crippen molar-refractivity contribution in [2.75, 3.05) is 19.5 Å². The highest BCUT2D eigenvalue weighted by Crippen LogP contribution is 2.27. The number of ether oxygens (including phenoxy) is 2. The van der Waals surface area contributed by atoms with Crippen LogP contribution in [0.15, 0.2) is 24.3 Å². The van der Waals surface area contributed by atoms with E-state index < -0.39 is 0 Å². The second-order valence-corrected chi connectivity index (χ2v) is 3.96. The van der Waals surface area contributed by atoms with Gasteiger partial charge < -0.3 is 14.8 Å². The lowest BCUT2D eigenvalue weighted by molar-refractivity contribution is 0.102. The molecule has 0 spiro atoms. The number of benzene rings is 1. The molecule has 0 bridgehead atoms. The maximum atomic E-state index is 12.0. The van der Waals surface area contributed by atoms with E-state index in [2.05, 4.69) is 15.5 Å². The lowest BCUT2D eigenvalue weighted by Gasteiger charge is -2.09. The first-order chi connectivity index (χ1) is 9.13. The van der Waals surface area contributed by atoms with Crippen molar-refractivity contribution in [1.29, 1.82) is 0 Å². The molecule has 0 saturated carbocycles. The molecule has 1 aromatic heterocycles. The van der Waals surface area contributed by atoms with Gasteiger partial charge >= 0.3 is 0 Å². The number of aromatic amines is 1. The second-order valence-electron chi connectivity index (χ2n) is 3.96. The highest BCUT2D eigenvalue weighted by Gasteiger charge is 2.11. The Morgan fingerprint density at radius 3 is 2.53 bits per heavy atom. The predicted octanol–water partition coefficient (Wildman–Crippen LogP) is 1.99. The summed E-state index contributed by atoms with van der Waals surface area (Å²) >= 11 is 0. The van der Waals surface area contributed by atoms with Crippen molar-refractivity contribution in [3.63, 3.8) is 0 Å². The Hall–Kier alpha value is -2.50. The van der Waals surface area contributed by atoms with Crippen molar-refractivity contribution in [2.45, 2.75) is 6.92 Å². The lowest BCUT2D eigenvalue weighted by atomic mass is 10.2. The van der Waals surface area contributed by atoms with Crippen LogP contribution in [0.2, 0.25) is 0 Å². The number of nitrogens with zero attached hydrogens (tertiary/aromatic N) is 1. The van der Waals surface area contributed by atoms with Gasteiger partial charge in [0.15, 0.2) is 17.3 Å². The molecule has 19 heavy (non-hydrogen) atoms. The van der Waals surface area contributed by atoms with Crippen LogP contribution in [0.5, 0.6) is 11.5 Å². The Kier molecular flexibility index (Phi) is 3.70. The van der Waals surface area contributed by atoms with Gasteiger partial charge in [0.25, 0.3) is 5.91 Å². The maximum absolute atomic E-state index is 12.0. The molecule has 0 atom stereocenters. The summed E-state index contributed by atoms with van der Waals surface area (Å²) in [5.74, 6) is 1.31. The van der Waals surface area contributed by atoms with E-state index in [1.807, 2.05) is 6.92 Å². The summed E-state index contributed by atoms with van der Waals surface area (Å²) in [5, 5.41) is 9.39. The Labute approximate surface area is 110 Å². The number of hydrogen-bond donors (Lipinski definition) is 2. The van der Waals surface area contributed by atoms with Gasteiger partial charge in [-0.1, -0.05) is 0 Å². The Morgan fingerprint density at radius 2 is 1.95 bits per heavy atom. The number of rotatable bonds is 4. The third-order valence-electron chi connectivity index (χ3n) is 2.59. The summed E-state index contributed by atoms with van der Waals surface area (Å²) in [6.45, 7) is 1.86. The highest BCUT2D eigenvalue weighted by atomic mass is 16.5. The SMILES string of the molecule is COc1ccc(C(=O)Nc2cc(C)[nH]n2)cc1OC. The molecule has 2 aromatic rings. The molecule has 0 saturated heterocycles. The van der Waals surface area contributed by atoms with E-state index in [1.165, 1.54) is 7.11 Å². The third-order valence-corrected chi connectivity index (χ3v) is 2.59. The van der Waals surface area contributed by atoms with Crippen LogP contribution >= 0.6 is 0 Å². The second kappa shape index (κ2) is 5.43. The Morgan fingerprint density at radius 1 is 1.21 bits per heavy atom. The molecular formula is C13H15N3O3. The molecule has 0 aliphatic carbocycles. The fraction of sp³-hybridized carbons (Fsp3) is 0.231. The van der Waals surface area contributed by atoms with Gasteiger partial charge in [0.05, 0.1) is 14.2 Å². The molecule has 0 aliphatic heterocycles. The van der Waals surface area contributed by atoms with E-state index in [1.54, 1.807) is 31.4 Å². The smallest absolute Gasteiger partial charge is 0.257 e. The van der Waals surface area contributed by atoms with Crippen LogP contribution in [0, 0.1) is 6.92 Å². The fourth-order valence-corrected chi connectivity index (χ4v) is 1.65. The fourth-order valence-electron chi connectivity index (χ4n) is 1.65. The van der Waals surface area contributed by atoms with Crippen LogP contribution in [-0.2, 0) is 0 Å². The number of aryl methyl sites for hydroxylation is 1. The summed E-state index contributed by atoms with van der Waals surface area (Å²) in [6.07, 6.45) is 0. The summed E-state index contributed by atoms with van der Waals surface area (Å²) in [4.78, 5) is 12.0. The van der Waals surface area contributed by atoms with Crippen LogP contribution in [0.4, 0.5) is 5.82 Å². The lowest BCUT2D eigenvalue weighted by Crippen LogP contribution is -2.12. The molecule has 1 amide bonds. The number of amides is 1. The van der Waals surface area contributed by atoms with E-state index >= 15 is 0 Å². The minimum atomic E-state index is -0.257.